The third-order valence-electron chi connectivity index (χ3n) is 4.44. The molecule has 0 unspecified atom stereocenters. The summed E-state index contributed by atoms with van der Waals surface area (Å²) in [4.78, 5) is 26.5. The molecule has 0 bridgehead atoms. The summed E-state index contributed by atoms with van der Waals surface area (Å²) >= 11 is 0. The van der Waals surface area contributed by atoms with Crippen molar-refractivity contribution in [3.8, 4) is 0 Å². The van der Waals surface area contributed by atoms with Crippen LogP contribution in [0.2, 0.25) is 0 Å². The number of hydrogen-bond acceptors (Lipinski definition) is 4. The highest BCUT2D eigenvalue weighted by Crippen LogP contribution is 2.14. The lowest BCUT2D eigenvalue weighted by Crippen LogP contribution is -2.41. The third-order valence-corrected chi connectivity index (χ3v) is 4.44. The average Bonchev–Trinajstić information content (AvgIpc) is 2.66. The Morgan fingerprint density at radius 1 is 1.19 bits per heavy atom. The molecular formula is C20H30N4O2. The predicted molar refractivity (Wildman–Crippen MR) is 104 cm³/mol. The maximum Gasteiger partial charge on any atom is 0.243 e. The monoisotopic (exact) mass is 358 g/mol. The van der Waals surface area contributed by atoms with Crippen molar-refractivity contribution in [3.05, 3.63) is 35.9 Å². The molecule has 1 heterocycles. The number of unbranched alkanes of at least 4 members (excludes halogenated alkanes) is 1. The van der Waals surface area contributed by atoms with E-state index < -0.39 is 0 Å². The first-order valence-electron chi connectivity index (χ1n) is 9.48. The summed E-state index contributed by atoms with van der Waals surface area (Å²) in [5, 5.41) is 8.58. The van der Waals surface area contributed by atoms with Gasteiger partial charge in [-0.25, -0.2) is 5.01 Å². The van der Waals surface area contributed by atoms with Crippen molar-refractivity contribution in [3.63, 3.8) is 0 Å². The molecule has 6 nitrogen and oxygen atoms in total. The minimum absolute atomic E-state index is 0.0131. The van der Waals surface area contributed by atoms with E-state index in [0.29, 0.717) is 19.4 Å². The van der Waals surface area contributed by atoms with Gasteiger partial charge in [-0.05, 0) is 38.5 Å². The molecule has 0 atom stereocenters. The van der Waals surface area contributed by atoms with Crippen LogP contribution in [-0.4, -0.2) is 60.7 Å². The van der Waals surface area contributed by atoms with Gasteiger partial charge in [0.2, 0.25) is 11.8 Å². The summed E-state index contributed by atoms with van der Waals surface area (Å²) < 4.78 is 0. The van der Waals surface area contributed by atoms with Gasteiger partial charge in [0.25, 0.3) is 0 Å². The summed E-state index contributed by atoms with van der Waals surface area (Å²) in [6.07, 6.45) is 4.30. The molecule has 0 aliphatic carbocycles. The van der Waals surface area contributed by atoms with Gasteiger partial charge in [-0.15, -0.1) is 0 Å². The zero-order chi connectivity index (χ0) is 18.8. The Bertz CT molecular complexity index is 615. The Morgan fingerprint density at radius 3 is 2.65 bits per heavy atom. The molecule has 0 spiro atoms. The van der Waals surface area contributed by atoms with E-state index in [-0.39, 0.29) is 18.4 Å². The largest absolute Gasteiger partial charge is 0.354 e. The molecule has 0 radical (unpaired) electrons. The van der Waals surface area contributed by atoms with Gasteiger partial charge in [0, 0.05) is 19.4 Å². The first kappa shape index (κ1) is 20.1. The van der Waals surface area contributed by atoms with Crippen LogP contribution in [0.3, 0.4) is 0 Å². The predicted octanol–water partition coefficient (Wildman–Crippen LogP) is 2.25. The second-order valence-corrected chi connectivity index (χ2v) is 6.72. The molecule has 2 amide bonds. The molecule has 1 N–H and O–H groups in total. The van der Waals surface area contributed by atoms with E-state index in [1.165, 1.54) is 17.9 Å². The average molecular weight is 358 g/mol. The maximum absolute atomic E-state index is 12.1. The Balaban J connectivity index is 1.77. The van der Waals surface area contributed by atoms with Crippen LogP contribution in [0.4, 0.5) is 0 Å². The summed E-state index contributed by atoms with van der Waals surface area (Å²) in [7, 11) is 2.10. The van der Waals surface area contributed by atoms with Gasteiger partial charge in [-0.1, -0.05) is 43.7 Å². The Morgan fingerprint density at radius 2 is 1.92 bits per heavy atom. The second-order valence-electron chi connectivity index (χ2n) is 6.72. The molecule has 0 aromatic heterocycles. The highest BCUT2D eigenvalue weighted by atomic mass is 16.2. The van der Waals surface area contributed by atoms with Crippen LogP contribution in [0.15, 0.2) is 35.4 Å². The van der Waals surface area contributed by atoms with Gasteiger partial charge < -0.3 is 10.2 Å². The van der Waals surface area contributed by atoms with E-state index >= 15 is 0 Å². The number of amides is 2. The Kier molecular flexibility index (Phi) is 8.28. The maximum atomic E-state index is 12.1. The molecule has 6 heteroatoms. The highest BCUT2D eigenvalue weighted by molar-refractivity contribution is 6.04. The summed E-state index contributed by atoms with van der Waals surface area (Å²) in [6, 6.07) is 9.79. The minimum atomic E-state index is -0.160. The summed E-state index contributed by atoms with van der Waals surface area (Å²) in [6.45, 7) is 4.83. The van der Waals surface area contributed by atoms with Gasteiger partial charge in [0.1, 0.15) is 6.54 Å². The van der Waals surface area contributed by atoms with E-state index in [2.05, 4.69) is 29.3 Å². The second kappa shape index (κ2) is 10.7. The van der Waals surface area contributed by atoms with Crippen LogP contribution in [-0.2, 0) is 9.59 Å². The van der Waals surface area contributed by atoms with Crippen LogP contribution in [0.5, 0.6) is 0 Å². The van der Waals surface area contributed by atoms with Gasteiger partial charge in [0.15, 0.2) is 0 Å². The lowest BCUT2D eigenvalue weighted by Gasteiger charge is -2.23. The molecule has 1 aromatic rings. The lowest BCUT2D eigenvalue weighted by atomic mass is 10.0. The molecule has 0 saturated carbocycles. The molecule has 1 aliphatic heterocycles. The van der Waals surface area contributed by atoms with E-state index in [4.69, 9.17) is 0 Å². The van der Waals surface area contributed by atoms with Crippen LogP contribution in [0, 0.1) is 0 Å². The number of rotatable bonds is 10. The van der Waals surface area contributed by atoms with Gasteiger partial charge in [-0.2, -0.15) is 5.10 Å². The van der Waals surface area contributed by atoms with Crippen molar-refractivity contribution in [1.82, 2.24) is 15.2 Å². The standard InChI is InChI=1S/C20H30N4O2/c1-3-4-14-23(2)15-8-13-21-19(25)16-24-20(26)12-11-18(22-24)17-9-6-5-7-10-17/h5-7,9-10H,3-4,8,11-16H2,1-2H3,(H,21,25). The quantitative estimate of drug-likeness (QED) is 0.653. The Labute approximate surface area is 156 Å². The van der Waals surface area contributed by atoms with Gasteiger partial charge >= 0.3 is 0 Å². The molecular weight excluding hydrogens is 328 g/mol. The van der Waals surface area contributed by atoms with Crippen LogP contribution < -0.4 is 5.32 Å². The van der Waals surface area contributed by atoms with Crippen LogP contribution >= 0.6 is 0 Å². The summed E-state index contributed by atoms with van der Waals surface area (Å²) in [5.74, 6) is -0.258. The van der Waals surface area contributed by atoms with E-state index in [1.807, 2.05) is 30.3 Å². The highest BCUT2D eigenvalue weighted by Gasteiger charge is 2.23. The van der Waals surface area contributed by atoms with Crippen molar-refractivity contribution in [2.24, 2.45) is 5.10 Å². The third kappa shape index (κ3) is 6.59. The number of nitrogens with zero attached hydrogens (tertiary/aromatic N) is 3. The number of hydrogen-bond donors (Lipinski definition) is 1. The number of nitrogens with one attached hydrogen (secondary N) is 1. The molecule has 2 rings (SSSR count). The minimum Gasteiger partial charge on any atom is -0.354 e. The molecule has 0 fully saturated rings. The number of carbonyl (C=O) groups excluding carboxylic acids is 2. The van der Waals surface area contributed by atoms with E-state index in [0.717, 1.165) is 30.8 Å². The zero-order valence-electron chi connectivity index (χ0n) is 15.9. The van der Waals surface area contributed by atoms with Gasteiger partial charge in [0.05, 0.1) is 5.71 Å². The SMILES string of the molecule is CCCCN(C)CCCNC(=O)CN1N=C(c2ccccc2)CCC1=O. The van der Waals surface area contributed by atoms with Crippen LogP contribution in [0.1, 0.15) is 44.6 Å². The normalized spacial score (nSPS) is 14.5. The molecule has 1 aliphatic rings. The van der Waals surface area contributed by atoms with Crippen molar-refractivity contribution in [2.45, 2.75) is 39.0 Å². The van der Waals surface area contributed by atoms with E-state index in [9.17, 15) is 9.59 Å². The van der Waals surface area contributed by atoms with Gasteiger partial charge in [-0.3, -0.25) is 9.59 Å². The molecule has 0 saturated heterocycles. The van der Waals surface area contributed by atoms with E-state index in [1.54, 1.807) is 0 Å². The topological polar surface area (TPSA) is 65.0 Å². The number of hydrazone groups is 1. The number of carbonyl (C=O) groups is 2. The van der Waals surface area contributed by atoms with Crippen molar-refractivity contribution >= 4 is 17.5 Å². The first-order chi connectivity index (χ1) is 12.6. The Hall–Kier alpha value is -2.21. The fourth-order valence-electron chi connectivity index (χ4n) is 2.87. The molecule has 1 aromatic carbocycles. The van der Waals surface area contributed by atoms with Crippen LogP contribution in [0.25, 0.3) is 0 Å². The fourth-order valence-corrected chi connectivity index (χ4v) is 2.87. The van der Waals surface area contributed by atoms with Crippen molar-refractivity contribution in [2.75, 3.05) is 33.2 Å². The van der Waals surface area contributed by atoms with Crippen molar-refractivity contribution < 1.29 is 9.59 Å². The van der Waals surface area contributed by atoms with Crippen molar-refractivity contribution in [1.29, 1.82) is 0 Å². The zero-order valence-corrected chi connectivity index (χ0v) is 15.9. The fraction of sp³-hybridized carbons (Fsp3) is 0.550. The molecule has 26 heavy (non-hydrogen) atoms. The molecule has 142 valence electrons. The number of benzene rings is 1. The first-order valence-corrected chi connectivity index (χ1v) is 9.48. The smallest absolute Gasteiger partial charge is 0.243 e. The lowest BCUT2D eigenvalue weighted by molar-refractivity contribution is -0.136. The summed E-state index contributed by atoms with van der Waals surface area (Å²) in [5.41, 5.74) is 1.86.